The minimum absolute atomic E-state index is 0.106. The van der Waals surface area contributed by atoms with Crippen molar-refractivity contribution < 1.29 is 9.53 Å². The van der Waals surface area contributed by atoms with Crippen molar-refractivity contribution in [2.24, 2.45) is 0 Å². The number of carbonyl (C=O) groups is 1. The van der Waals surface area contributed by atoms with Crippen molar-refractivity contribution in [2.75, 3.05) is 12.4 Å². The molecule has 2 aromatic rings. The Kier molecular flexibility index (Phi) is 4.88. The molecule has 4 heteroatoms. The maximum atomic E-state index is 12.4. The van der Waals surface area contributed by atoms with Crippen molar-refractivity contribution in [3.8, 4) is 5.75 Å². The number of amides is 1. The third-order valence-corrected chi connectivity index (χ3v) is 4.17. The van der Waals surface area contributed by atoms with E-state index in [9.17, 15) is 4.79 Å². The summed E-state index contributed by atoms with van der Waals surface area (Å²) in [7, 11) is 1.62. The van der Waals surface area contributed by atoms with E-state index in [2.05, 4.69) is 47.0 Å². The lowest BCUT2D eigenvalue weighted by Gasteiger charge is -2.13. The van der Waals surface area contributed by atoms with Crippen molar-refractivity contribution in [3.63, 3.8) is 0 Å². The third kappa shape index (κ3) is 3.56. The molecule has 0 heterocycles. The average molecular weight is 395 g/mol. The Balaban J connectivity index is 2.28. The molecule has 0 radical (unpaired) electrons. The summed E-state index contributed by atoms with van der Waals surface area (Å²) in [5, 5.41) is 3.00. The quantitative estimate of drug-likeness (QED) is 0.779. The first-order valence-corrected chi connectivity index (χ1v) is 7.73. The Hall–Kier alpha value is -1.56. The molecular formula is C17H18INO2. The number of hydrogen-bond acceptors (Lipinski definition) is 2. The number of ether oxygens (including phenoxy) is 1. The van der Waals surface area contributed by atoms with Gasteiger partial charge in [0, 0.05) is 11.3 Å². The lowest BCUT2D eigenvalue weighted by Crippen LogP contribution is -2.14. The molecular weight excluding hydrogens is 377 g/mol. The zero-order chi connectivity index (χ0) is 15.6. The number of nitrogens with one attached hydrogen (secondary N) is 1. The molecule has 21 heavy (non-hydrogen) atoms. The number of methoxy groups -OCH3 is 1. The highest BCUT2D eigenvalue weighted by Crippen LogP contribution is 2.25. The van der Waals surface area contributed by atoms with Crippen LogP contribution in [0.15, 0.2) is 30.3 Å². The van der Waals surface area contributed by atoms with Gasteiger partial charge in [-0.2, -0.15) is 0 Å². The smallest absolute Gasteiger partial charge is 0.255 e. The predicted octanol–water partition coefficient (Wildman–Crippen LogP) is 4.48. The number of hydrogen-bond donors (Lipinski definition) is 1. The summed E-state index contributed by atoms with van der Waals surface area (Å²) < 4.78 is 6.13. The van der Waals surface area contributed by atoms with Gasteiger partial charge in [0.25, 0.3) is 5.91 Å². The van der Waals surface area contributed by atoms with Crippen LogP contribution in [0.25, 0.3) is 0 Å². The highest BCUT2D eigenvalue weighted by molar-refractivity contribution is 14.1. The fourth-order valence-corrected chi connectivity index (χ4v) is 3.11. The van der Waals surface area contributed by atoms with E-state index in [0.29, 0.717) is 5.56 Å². The monoisotopic (exact) mass is 395 g/mol. The van der Waals surface area contributed by atoms with Crippen LogP contribution >= 0.6 is 22.6 Å². The number of rotatable bonds is 3. The largest absolute Gasteiger partial charge is 0.496 e. The molecule has 0 spiro atoms. The molecule has 2 aromatic carbocycles. The summed E-state index contributed by atoms with van der Waals surface area (Å²) in [4.78, 5) is 12.4. The first kappa shape index (κ1) is 15.8. The fourth-order valence-electron chi connectivity index (χ4n) is 2.37. The molecule has 0 aromatic heterocycles. The molecule has 1 amide bonds. The van der Waals surface area contributed by atoms with E-state index in [1.54, 1.807) is 13.2 Å². The second kappa shape index (κ2) is 6.47. The van der Waals surface area contributed by atoms with E-state index in [0.717, 1.165) is 26.1 Å². The van der Waals surface area contributed by atoms with E-state index in [-0.39, 0.29) is 5.91 Å². The highest BCUT2D eigenvalue weighted by Gasteiger charge is 2.12. The van der Waals surface area contributed by atoms with Gasteiger partial charge in [-0.15, -0.1) is 0 Å². The summed E-state index contributed by atoms with van der Waals surface area (Å²) >= 11 is 2.16. The number of halogens is 1. The molecule has 3 nitrogen and oxygen atoms in total. The van der Waals surface area contributed by atoms with Gasteiger partial charge in [0.05, 0.1) is 10.7 Å². The molecule has 0 unspecified atom stereocenters. The van der Waals surface area contributed by atoms with Gasteiger partial charge in [0.2, 0.25) is 0 Å². The average Bonchev–Trinajstić information content (AvgIpc) is 2.42. The van der Waals surface area contributed by atoms with E-state index >= 15 is 0 Å². The predicted molar refractivity (Wildman–Crippen MR) is 94.3 cm³/mol. The molecule has 0 aliphatic heterocycles. The van der Waals surface area contributed by atoms with Gasteiger partial charge in [0.15, 0.2) is 0 Å². The van der Waals surface area contributed by atoms with Crippen LogP contribution in [0.4, 0.5) is 5.69 Å². The van der Waals surface area contributed by atoms with Crippen LogP contribution in [-0.2, 0) is 0 Å². The summed E-state index contributed by atoms with van der Waals surface area (Å²) in [6.45, 7) is 6.07. The van der Waals surface area contributed by atoms with E-state index in [1.807, 2.05) is 26.0 Å². The second-order valence-corrected chi connectivity index (χ2v) is 6.24. The third-order valence-electron chi connectivity index (χ3n) is 3.33. The highest BCUT2D eigenvalue weighted by atomic mass is 127. The minimum atomic E-state index is -0.106. The Morgan fingerprint density at radius 3 is 2.24 bits per heavy atom. The number of anilines is 1. The zero-order valence-corrected chi connectivity index (χ0v) is 14.7. The Labute approximate surface area is 138 Å². The maximum absolute atomic E-state index is 12.4. The van der Waals surface area contributed by atoms with Crippen molar-refractivity contribution in [2.45, 2.75) is 20.8 Å². The topological polar surface area (TPSA) is 38.3 Å². The molecule has 110 valence electrons. The van der Waals surface area contributed by atoms with Crippen molar-refractivity contribution in [3.05, 3.63) is 56.2 Å². The van der Waals surface area contributed by atoms with Gasteiger partial charge in [-0.05, 0) is 72.7 Å². The zero-order valence-electron chi connectivity index (χ0n) is 12.6. The van der Waals surface area contributed by atoms with Crippen LogP contribution in [0.2, 0.25) is 0 Å². The maximum Gasteiger partial charge on any atom is 0.255 e. The van der Waals surface area contributed by atoms with Crippen LogP contribution in [0.5, 0.6) is 5.75 Å². The van der Waals surface area contributed by atoms with Crippen LogP contribution in [0, 0.1) is 24.3 Å². The molecule has 1 N–H and O–H groups in total. The summed E-state index contributed by atoms with van der Waals surface area (Å²) in [5.74, 6) is 0.667. The molecule has 0 saturated heterocycles. The van der Waals surface area contributed by atoms with Crippen molar-refractivity contribution >= 4 is 34.2 Å². The van der Waals surface area contributed by atoms with E-state index < -0.39 is 0 Å². The second-order valence-electron chi connectivity index (χ2n) is 5.08. The molecule has 0 aliphatic rings. The molecule has 0 aliphatic carbocycles. The molecule has 0 atom stereocenters. The summed E-state index contributed by atoms with van der Waals surface area (Å²) in [5.41, 5.74) is 4.85. The lowest BCUT2D eigenvalue weighted by molar-refractivity contribution is 0.102. The van der Waals surface area contributed by atoms with Gasteiger partial charge in [-0.1, -0.05) is 17.7 Å². The van der Waals surface area contributed by atoms with Gasteiger partial charge in [-0.3, -0.25) is 4.79 Å². The fraction of sp³-hybridized carbons (Fsp3) is 0.235. The van der Waals surface area contributed by atoms with Crippen LogP contribution in [-0.4, -0.2) is 13.0 Å². The van der Waals surface area contributed by atoms with Gasteiger partial charge in [-0.25, -0.2) is 0 Å². The SMILES string of the molecule is COc1ccc(C(=O)Nc2c(C)cc(C)cc2C)cc1I. The lowest BCUT2D eigenvalue weighted by atomic mass is 10.0. The Bertz CT molecular complexity index is 672. The Morgan fingerprint density at radius 2 is 1.71 bits per heavy atom. The van der Waals surface area contributed by atoms with Crippen LogP contribution in [0.1, 0.15) is 27.0 Å². The summed E-state index contributed by atoms with van der Waals surface area (Å²) in [6.07, 6.45) is 0. The molecule has 0 saturated carbocycles. The first-order chi connectivity index (χ1) is 9.92. The van der Waals surface area contributed by atoms with Gasteiger partial charge < -0.3 is 10.1 Å². The standard InChI is InChI=1S/C17H18INO2/c1-10-7-11(2)16(12(3)8-10)19-17(20)13-5-6-15(21-4)14(18)9-13/h5-9H,1-4H3,(H,19,20). The minimum Gasteiger partial charge on any atom is -0.496 e. The van der Waals surface area contributed by atoms with Crippen LogP contribution < -0.4 is 10.1 Å². The molecule has 2 rings (SSSR count). The van der Waals surface area contributed by atoms with Crippen molar-refractivity contribution in [1.82, 2.24) is 0 Å². The van der Waals surface area contributed by atoms with Gasteiger partial charge in [0.1, 0.15) is 5.75 Å². The first-order valence-electron chi connectivity index (χ1n) is 6.65. The number of carbonyl (C=O) groups excluding carboxylic acids is 1. The number of aryl methyl sites for hydroxylation is 3. The van der Waals surface area contributed by atoms with E-state index in [4.69, 9.17) is 4.74 Å². The van der Waals surface area contributed by atoms with Crippen molar-refractivity contribution in [1.29, 1.82) is 0 Å². The molecule has 0 fully saturated rings. The normalized spacial score (nSPS) is 10.3. The molecule has 0 bridgehead atoms. The van der Waals surface area contributed by atoms with Crippen LogP contribution in [0.3, 0.4) is 0 Å². The Morgan fingerprint density at radius 1 is 1.10 bits per heavy atom. The number of benzene rings is 2. The summed E-state index contributed by atoms with van der Waals surface area (Å²) in [6, 6.07) is 9.55. The van der Waals surface area contributed by atoms with Gasteiger partial charge >= 0.3 is 0 Å². The van der Waals surface area contributed by atoms with E-state index in [1.165, 1.54) is 5.56 Å².